The van der Waals surface area contributed by atoms with Crippen molar-refractivity contribution in [3.63, 3.8) is 0 Å². The average molecular weight is 1450 g/mol. The van der Waals surface area contributed by atoms with Gasteiger partial charge in [-0.1, -0.05) is 27.7 Å². The van der Waals surface area contributed by atoms with Gasteiger partial charge in [-0.25, -0.2) is 0 Å². The Morgan fingerprint density at radius 1 is 0.324 bits per heavy atom. The Labute approximate surface area is 608 Å². The second-order valence-electron chi connectivity index (χ2n) is 39.4. The molecule has 7 rings (SSSR count). The SMILES string of the molecule is COC(=O)C(CC(=O)OC1CC(C)(C)NC(C)(C)C1)C(CC(=O)OCC(C)(C)C1OCC2(CO1)COC(C(C)(C)COC(=O)CC(C(=O)OC1CC(C)(C)NC(C)(C)C1)C(CC(=O)OC1CC(C)(C)NC(C)(C)C1)C(=O)OC1CC(C)(C)NC(C)(C)C1)OC2)C(=O)OC1CC(C)(C)NC(C)(C)C1. The average Bonchev–Trinajstić information content (AvgIpc) is 0.778. The fourth-order valence-corrected chi connectivity index (χ4v) is 18.3. The third-order valence-electron chi connectivity index (χ3n) is 20.8. The van der Waals surface area contributed by atoms with Gasteiger partial charge >= 0.3 is 47.8 Å². The quantitative estimate of drug-likeness (QED) is 0.0420. The Hall–Kier alpha value is -4.60. The van der Waals surface area contributed by atoms with Crippen LogP contribution in [-0.4, -0.2) is 193 Å². The van der Waals surface area contributed by atoms with Crippen molar-refractivity contribution in [1.82, 2.24) is 26.6 Å². The van der Waals surface area contributed by atoms with Gasteiger partial charge in [-0.05, 0) is 138 Å². The highest BCUT2D eigenvalue weighted by Gasteiger charge is 2.53. The van der Waals surface area contributed by atoms with E-state index in [1.165, 1.54) is 0 Å². The molecule has 25 nitrogen and oxygen atoms in total. The van der Waals surface area contributed by atoms with Crippen LogP contribution >= 0.6 is 0 Å². The van der Waals surface area contributed by atoms with Crippen LogP contribution in [0.5, 0.6) is 0 Å². The molecular weight excluding hydrogens is 1310 g/mol. The monoisotopic (exact) mass is 1450 g/mol. The van der Waals surface area contributed by atoms with Crippen LogP contribution < -0.4 is 26.6 Å². The number of hydrogen-bond donors (Lipinski definition) is 5. The molecule has 25 heteroatoms. The van der Waals surface area contributed by atoms with Crippen LogP contribution in [0.2, 0.25) is 0 Å². The molecule has 0 aromatic heterocycles. The molecule has 0 aromatic rings. The number of hydrogen-bond acceptors (Lipinski definition) is 25. The van der Waals surface area contributed by atoms with Crippen LogP contribution in [0.25, 0.3) is 0 Å². The molecule has 4 unspecified atom stereocenters. The summed E-state index contributed by atoms with van der Waals surface area (Å²) in [5.41, 5.74) is -6.67. The second-order valence-corrected chi connectivity index (χ2v) is 39.4. The fraction of sp³-hybridized carbons (Fsp3) is 0.896. The number of esters is 8. The van der Waals surface area contributed by atoms with E-state index in [1.54, 1.807) is 13.8 Å². The summed E-state index contributed by atoms with van der Waals surface area (Å²) in [6, 6.07) is 0. The van der Waals surface area contributed by atoms with Crippen LogP contribution in [0.1, 0.15) is 256 Å². The highest BCUT2D eigenvalue weighted by Crippen LogP contribution is 2.42. The molecule has 1 spiro atoms. The maximum absolute atomic E-state index is 15.0. The fourth-order valence-electron chi connectivity index (χ4n) is 18.3. The minimum Gasteiger partial charge on any atom is -0.469 e. The maximum Gasteiger partial charge on any atom is 0.310 e. The standard InChI is InChI=1S/C77H131N5O20/c1-65(2,40-92-55(83)26-52(60(88)100-48-34-71(13,14)80-72(15,16)35-48)51(59(87)91-25)28-57(85)98-46-30-67(5,6)78-68(7,8)31-46)63-94-42-77(43-95-63)44-96-64(97-45-77)66(3,4)41-93-56(84)27-53(61(89)101-49-36-73(17,18)81-74(19,20)37-49)54(62(90)102-50-38-75(21,22)82-76(23,24)39-50)29-58(86)99-47-32-69(9,10)79-70(11,12)33-47/h46-54,63-64,78-82H,26-45H2,1-25H3. The van der Waals surface area contributed by atoms with Crippen molar-refractivity contribution >= 4 is 47.8 Å². The molecule has 7 aliphatic rings. The molecule has 0 amide bonds. The molecule has 0 saturated carbocycles. The Balaban J connectivity index is 0.994. The minimum atomic E-state index is -1.51. The van der Waals surface area contributed by atoms with Crippen LogP contribution in [0, 0.1) is 39.9 Å². The zero-order chi connectivity index (χ0) is 76.6. The van der Waals surface area contributed by atoms with E-state index < -0.39 is 190 Å². The Morgan fingerprint density at radius 3 is 0.735 bits per heavy atom. The first-order valence-electron chi connectivity index (χ1n) is 37.2. The number of carbonyl (C=O) groups excluding carboxylic acids is 8. The number of rotatable bonds is 25. The van der Waals surface area contributed by atoms with E-state index in [9.17, 15) is 33.6 Å². The highest BCUT2D eigenvalue weighted by molar-refractivity contribution is 5.90. The second kappa shape index (κ2) is 31.3. The van der Waals surface area contributed by atoms with Crippen molar-refractivity contribution in [2.75, 3.05) is 46.8 Å². The van der Waals surface area contributed by atoms with Gasteiger partial charge in [0, 0.05) is 130 Å². The van der Waals surface area contributed by atoms with Crippen LogP contribution in [-0.2, 0) is 95.2 Å². The summed E-state index contributed by atoms with van der Waals surface area (Å²) >= 11 is 0. The summed E-state index contributed by atoms with van der Waals surface area (Å²) in [6.07, 6.45) is -2.06. The molecule has 7 aliphatic heterocycles. The number of piperidine rings is 5. The lowest BCUT2D eigenvalue weighted by Gasteiger charge is -2.48. The first-order chi connectivity index (χ1) is 46.4. The molecule has 0 radical (unpaired) electrons. The molecule has 102 heavy (non-hydrogen) atoms. The van der Waals surface area contributed by atoms with Crippen LogP contribution in [0.15, 0.2) is 0 Å². The van der Waals surface area contributed by atoms with E-state index in [1.807, 2.05) is 152 Å². The van der Waals surface area contributed by atoms with E-state index in [4.69, 9.17) is 56.8 Å². The minimum absolute atomic E-state index is 0.125. The molecule has 0 bridgehead atoms. The van der Waals surface area contributed by atoms with Crippen molar-refractivity contribution in [1.29, 1.82) is 0 Å². The molecular formula is C77H131N5O20. The molecule has 4 atom stereocenters. The van der Waals surface area contributed by atoms with Gasteiger partial charge in [-0.15, -0.1) is 0 Å². The molecule has 0 aliphatic carbocycles. The van der Waals surface area contributed by atoms with Crippen molar-refractivity contribution in [2.24, 2.45) is 39.9 Å². The summed E-state index contributed by atoms with van der Waals surface area (Å²) in [5.74, 6) is -12.3. The maximum atomic E-state index is 15.0. The lowest BCUT2D eigenvalue weighted by Crippen LogP contribution is -2.60. The predicted molar refractivity (Wildman–Crippen MR) is 380 cm³/mol. The predicted octanol–water partition coefficient (Wildman–Crippen LogP) is 9.32. The molecule has 0 aromatic carbocycles. The van der Waals surface area contributed by atoms with Gasteiger partial charge in [0.15, 0.2) is 12.6 Å². The third kappa shape index (κ3) is 24.7. The summed E-state index contributed by atoms with van der Waals surface area (Å²) in [4.78, 5) is 115. The Morgan fingerprint density at radius 2 is 0.520 bits per heavy atom. The number of ether oxygens (including phenoxy) is 12. The van der Waals surface area contributed by atoms with Gasteiger partial charge in [0.2, 0.25) is 0 Å². The van der Waals surface area contributed by atoms with Gasteiger partial charge in [0.05, 0.1) is 88.3 Å². The number of carbonyl (C=O) groups is 8. The summed E-state index contributed by atoms with van der Waals surface area (Å²) in [6.45, 7) is 47.7. The largest absolute Gasteiger partial charge is 0.469 e. The lowest BCUT2D eigenvalue weighted by molar-refractivity contribution is -0.337. The molecule has 7 heterocycles. The first kappa shape index (κ1) is 84.7. The molecule has 7 saturated heterocycles. The first-order valence-corrected chi connectivity index (χ1v) is 37.2. The van der Waals surface area contributed by atoms with Crippen molar-refractivity contribution in [3.8, 4) is 0 Å². The van der Waals surface area contributed by atoms with Crippen molar-refractivity contribution in [3.05, 3.63) is 0 Å². The summed E-state index contributed by atoms with van der Waals surface area (Å²) < 4.78 is 73.8. The van der Waals surface area contributed by atoms with E-state index >= 15 is 4.79 Å². The van der Waals surface area contributed by atoms with Gasteiger partial charge in [0.25, 0.3) is 0 Å². The molecule has 584 valence electrons. The smallest absolute Gasteiger partial charge is 0.310 e. The third-order valence-corrected chi connectivity index (χ3v) is 20.8. The normalized spacial score (nSPS) is 28.2. The van der Waals surface area contributed by atoms with Crippen molar-refractivity contribution in [2.45, 2.75) is 355 Å². The molecule has 7 fully saturated rings. The van der Waals surface area contributed by atoms with Gasteiger partial charge in [-0.3, -0.25) is 38.4 Å². The van der Waals surface area contributed by atoms with Gasteiger partial charge < -0.3 is 83.4 Å². The van der Waals surface area contributed by atoms with E-state index in [-0.39, 0.29) is 61.8 Å². The van der Waals surface area contributed by atoms with E-state index in [2.05, 4.69) is 26.6 Å². The molecule has 5 N–H and O–H groups in total. The van der Waals surface area contributed by atoms with E-state index in [0.717, 1.165) is 7.11 Å². The van der Waals surface area contributed by atoms with Crippen LogP contribution in [0.4, 0.5) is 0 Å². The van der Waals surface area contributed by atoms with Crippen LogP contribution in [0.3, 0.4) is 0 Å². The number of nitrogens with one attached hydrogen (secondary N) is 5. The zero-order valence-corrected chi connectivity index (χ0v) is 66.7. The summed E-state index contributed by atoms with van der Waals surface area (Å²) in [5, 5.41) is 18.0. The number of methoxy groups -OCH3 is 1. The Kier molecular flexibility index (Phi) is 26.0. The Bertz CT molecular complexity index is 2900. The zero-order valence-electron chi connectivity index (χ0n) is 66.7. The van der Waals surface area contributed by atoms with E-state index in [0.29, 0.717) is 64.2 Å². The van der Waals surface area contributed by atoms with Gasteiger partial charge in [-0.2, -0.15) is 0 Å². The van der Waals surface area contributed by atoms with Gasteiger partial charge in [0.1, 0.15) is 43.7 Å². The van der Waals surface area contributed by atoms with Crippen molar-refractivity contribution < 1.29 is 95.2 Å². The topological polar surface area (TPSA) is 307 Å². The summed E-state index contributed by atoms with van der Waals surface area (Å²) in [7, 11) is 1.16. The highest BCUT2D eigenvalue weighted by atomic mass is 16.7. The lowest BCUT2D eigenvalue weighted by atomic mass is 9.80.